The normalized spacial score (nSPS) is 19.1. The first-order chi connectivity index (χ1) is 11.1. The molecule has 2 fully saturated rings. The molecule has 2 amide bonds. The molecule has 0 aromatic heterocycles. The van der Waals surface area contributed by atoms with Crippen molar-refractivity contribution in [1.82, 2.24) is 10.6 Å². The number of hydrogen-bond acceptors (Lipinski definition) is 4. The third kappa shape index (κ3) is 3.82. The number of benzene rings is 1. The Bertz CT molecular complexity index is 580. The van der Waals surface area contributed by atoms with E-state index in [0.29, 0.717) is 13.1 Å². The maximum absolute atomic E-state index is 12.3. The van der Waals surface area contributed by atoms with Crippen LogP contribution in [0.1, 0.15) is 19.8 Å². The monoisotopic (exact) mass is 316 g/mol. The van der Waals surface area contributed by atoms with Crippen molar-refractivity contribution in [2.75, 3.05) is 36.4 Å². The van der Waals surface area contributed by atoms with Crippen molar-refractivity contribution >= 4 is 23.2 Å². The van der Waals surface area contributed by atoms with Crippen LogP contribution in [0.3, 0.4) is 0 Å². The summed E-state index contributed by atoms with van der Waals surface area (Å²) in [6.07, 6.45) is 2.44. The van der Waals surface area contributed by atoms with Gasteiger partial charge in [0.2, 0.25) is 11.8 Å². The SMILES string of the molecule is CC(NC(=O)C1CNC1)C(=O)Nc1cccc(N2CCCC2)c1. The predicted octanol–water partition coefficient (Wildman–Crippen LogP) is 0.949. The lowest BCUT2D eigenvalue weighted by molar-refractivity contribution is -0.130. The summed E-state index contributed by atoms with van der Waals surface area (Å²) in [5.74, 6) is -0.259. The number of nitrogens with zero attached hydrogens (tertiary/aromatic N) is 1. The van der Waals surface area contributed by atoms with Crippen molar-refractivity contribution in [3.05, 3.63) is 24.3 Å². The third-order valence-electron chi connectivity index (χ3n) is 4.49. The number of carbonyl (C=O) groups excluding carboxylic acids is 2. The molecule has 1 unspecified atom stereocenters. The molecular weight excluding hydrogens is 292 g/mol. The summed E-state index contributed by atoms with van der Waals surface area (Å²) in [6.45, 7) is 5.23. The Hall–Kier alpha value is -2.08. The number of rotatable bonds is 5. The second-order valence-corrected chi connectivity index (χ2v) is 6.32. The van der Waals surface area contributed by atoms with Crippen molar-refractivity contribution in [2.24, 2.45) is 5.92 Å². The van der Waals surface area contributed by atoms with Crippen LogP contribution < -0.4 is 20.9 Å². The Morgan fingerprint density at radius 1 is 1.26 bits per heavy atom. The van der Waals surface area contributed by atoms with Crippen LogP contribution in [-0.2, 0) is 9.59 Å². The van der Waals surface area contributed by atoms with Gasteiger partial charge in [0.15, 0.2) is 0 Å². The van der Waals surface area contributed by atoms with Gasteiger partial charge in [0.05, 0.1) is 5.92 Å². The van der Waals surface area contributed by atoms with E-state index in [1.807, 2.05) is 18.2 Å². The van der Waals surface area contributed by atoms with Crippen LogP contribution in [0.15, 0.2) is 24.3 Å². The highest BCUT2D eigenvalue weighted by molar-refractivity contribution is 5.97. The fourth-order valence-corrected chi connectivity index (χ4v) is 2.88. The summed E-state index contributed by atoms with van der Waals surface area (Å²) < 4.78 is 0. The molecule has 0 aliphatic carbocycles. The molecule has 124 valence electrons. The van der Waals surface area contributed by atoms with Gasteiger partial charge in [-0.3, -0.25) is 9.59 Å². The zero-order valence-electron chi connectivity index (χ0n) is 13.5. The number of amides is 2. The van der Waals surface area contributed by atoms with Crippen molar-refractivity contribution in [3.8, 4) is 0 Å². The Kier molecular flexibility index (Phi) is 4.81. The number of carbonyl (C=O) groups is 2. The highest BCUT2D eigenvalue weighted by Crippen LogP contribution is 2.23. The molecule has 6 nitrogen and oxygen atoms in total. The van der Waals surface area contributed by atoms with Gasteiger partial charge in [-0.25, -0.2) is 0 Å². The molecule has 1 aromatic rings. The van der Waals surface area contributed by atoms with Crippen LogP contribution >= 0.6 is 0 Å². The van der Waals surface area contributed by atoms with Gasteiger partial charge in [-0.05, 0) is 38.0 Å². The second kappa shape index (κ2) is 7.00. The van der Waals surface area contributed by atoms with Gasteiger partial charge in [0.1, 0.15) is 6.04 Å². The van der Waals surface area contributed by atoms with E-state index in [1.165, 1.54) is 12.8 Å². The zero-order valence-corrected chi connectivity index (χ0v) is 13.5. The maximum Gasteiger partial charge on any atom is 0.246 e. The standard InChI is InChI=1S/C17H24N4O2/c1-12(19-17(23)13-10-18-11-13)16(22)20-14-5-4-6-15(9-14)21-7-2-3-8-21/h4-6,9,12-13,18H,2-3,7-8,10-11H2,1H3,(H,19,23)(H,20,22). The lowest BCUT2D eigenvalue weighted by Gasteiger charge is -2.27. The van der Waals surface area contributed by atoms with Gasteiger partial charge in [-0.1, -0.05) is 6.07 Å². The molecule has 6 heteroatoms. The fourth-order valence-electron chi connectivity index (χ4n) is 2.88. The van der Waals surface area contributed by atoms with Crippen molar-refractivity contribution < 1.29 is 9.59 Å². The Balaban J connectivity index is 1.56. The average Bonchev–Trinajstić information content (AvgIpc) is 2.99. The molecule has 3 N–H and O–H groups in total. The Labute approximate surface area is 136 Å². The molecule has 2 aliphatic rings. The second-order valence-electron chi connectivity index (χ2n) is 6.32. The first-order valence-electron chi connectivity index (χ1n) is 8.30. The average molecular weight is 316 g/mol. The van der Waals surface area contributed by atoms with E-state index >= 15 is 0 Å². The largest absolute Gasteiger partial charge is 0.371 e. The minimum absolute atomic E-state index is 0.0104. The zero-order chi connectivity index (χ0) is 16.2. The molecule has 23 heavy (non-hydrogen) atoms. The molecule has 0 spiro atoms. The van der Waals surface area contributed by atoms with Gasteiger partial charge in [0.25, 0.3) is 0 Å². The smallest absolute Gasteiger partial charge is 0.246 e. The predicted molar refractivity (Wildman–Crippen MR) is 90.5 cm³/mol. The summed E-state index contributed by atoms with van der Waals surface area (Å²) in [5, 5.41) is 8.71. The van der Waals surface area contributed by atoms with Crippen LogP contribution in [0, 0.1) is 5.92 Å². The van der Waals surface area contributed by atoms with E-state index in [0.717, 1.165) is 24.5 Å². The molecule has 1 aromatic carbocycles. The lowest BCUT2D eigenvalue weighted by Crippen LogP contribution is -2.54. The molecule has 0 radical (unpaired) electrons. The summed E-state index contributed by atoms with van der Waals surface area (Å²) in [7, 11) is 0. The first-order valence-corrected chi connectivity index (χ1v) is 8.30. The van der Waals surface area contributed by atoms with E-state index in [1.54, 1.807) is 6.92 Å². The quantitative estimate of drug-likeness (QED) is 0.756. The highest BCUT2D eigenvalue weighted by Gasteiger charge is 2.27. The van der Waals surface area contributed by atoms with Crippen LogP contribution in [0.5, 0.6) is 0 Å². The summed E-state index contributed by atoms with van der Waals surface area (Å²) >= 11 is 0. The van der Waals surface area contributed by atoms with Crippen LogP contribution in [0.4, 0.5) is 11.4 Å². The Morgan fingerprint density at radius 2 is 2.00 bits per heavy atom. The minimum atomic E-state index is -0.543. The lowest BCUT2D eigenvalue weighted by atomic mass is 10.0. The molecule has 0 bridgehead atoms. The fraction of sp³-hybridized carbons (Fsp3) is 0.529. The minimum Gasteiger partial charge on any atom is -0.371 e. The number of anilines is 2. The molecule has 0 saturated carbocycles. The van der Waals surface area contributed by atoms with Crippen molar-refractivity contribution in [2.45, 2.75) is 25.8 Å². The van der Waals surface area contributed by atoms with Crippen molar-refractivity contribution in [3.63, 3.8) is 0 Å². The molecule has 2 saturated heterocycles. The van der Waals surface area contributed by atoms with E-state index in [-0.39, 0.29) is 17.7 Å². The van der Waals surface area contributed by atoms with Gasteiger partial charge >= 0.3 is 0 Å². The van der Waals surface area contributed by atoms with Crippen LogP contribution in [-0.4, -0.2) is 44.0 Å². The Morgan fingerprint density at radius 3 is 2.65 bits per heavy atom. The van der Waals surface area contributed by atoms with Gasteiger partial charge in [-0.2, -0.15) is 0 Å². The molecular formula is C17H24N4O2. The van der Waals surface area contributed by atoms with E-state index in [4.69, 9.17) is 0 Å². The summed E-state index contributed by atoms with van der Waals surface area (Å²) in [6, 6.07) is 7.34. The molecule has 2 heterocycles. The van der Waals surface area contributed by atoms with E-state index in [2.05, 4.69) is 26.9 Å². The summed E-state index contributed by atoms with van der Waals surface area (Å²) in [4.78, 5) is 26.5. The number of nitrogens with one attached hydrogen (secondary N) is 3. The maximum atomic E-state index is 12.3. The van der Waals surface area contributed by atoms with Gasteiger partial charge in [0, 0.05) is 37.6 Å². The first kappa shape index (κ1) is 15.8. The molecule has 3 rings (SSSR count). The third-order valence-corrected chi connectivity index (χ3v) is 4.49. The van der Waals surface area contributed by atoms with Crippen LogP contribution in [0.2, 0.25) is 0 Å². The van der Waals surface area contributed by atoms with Crippen molar-refractivity contribution in [1.29, 1.82) is 0 Å². The topological polar surface area (TPSA) is 73.5 Å². The van der Waals surface area contributed by atoms with E-state index < -0.39 is 6.04 Å². The number of hydrogen-bond donors (Lipinski definition) is 3. The van der Waals surface area contributed by atoms with Crippen LogP contribution in [0.25, 0.3) is 0 Å². The molecule has 2 aliphatic heterocycles. The van der Waals surface area contributed by atoms with E-state index in [9.17, 15) is 9.59 Å². The van der Waals surface area contributed by atoms with Gasteiger partial charge < -0.3 is 20.9 Å². The molecule has 1 atom stereocenters. The summed E-state index contributed by atoms with van der Waals surface area (Å²) in [5.41, 5.74) is 1.91. The van der Waals surface area contributed by atoms with Gasteiger partial charge in [-0.15, -0.1) is 0 Å². The highest BCUT2D eigenvalue weighted by atomic mass is 16.2.